The van der Waals surface area contributed by atoms with E-state index in [1.807, 2.05) is 0 Å². The van der Waals surface area contributed by atoms with Crippen LogP contribution in [0.4, 0.5) is 27.6 Å². The van der Waals surface area contributed by atoms with E-state index in [1.165, 1.54) is 0 Å². The van der Waals surface area contributed by atoms with Gasteiger partial charge in [-0.15, -0.1) is 0 Å². The molecular formula is C10H8F5NO2. The van der Waals surface area contributed by atoms with Crippen molar-refractivity contribution < 1.29 is 31.9 Å². The maximum absolute atomic E-state index is 13.2. The number of hydrogen-bond acceptors (Lipinski definition) is 2. The molecule has 0 atom stereocenters. The third kappa shape index (κ3) is 3.31. The van der Waals surface area contributed by atoms with Crippen molar-refractivity contribution in [2.24, 2.45) is 0 Å². The van der Waals surface area contributed by atoms with Gasteiger partial charge in [0.05, 0.1) is 17.8 Å². The first-order chi connectivity index (χ1) is 8.24. The largest absolute Gasteiger partial charge is 0.478 e. The Bertz CT molecular complexity index is 450. The van der Waals surface area contributed by atoms with Gasteiger partial charge < -0.3 is 10.4 Å². The molecule has 8 heteroatoms. The van der Waals surface area contributed by atoms with Crippen LogP contribution in [0, 0.1) is 5.82 Å². The highest BCUT2D eigenvalue weighted by Gasteiger charge is 2.40. The Balaban J connectivity index is 2.78. The third-order valence-corrected chi connectivity index (χ3v) is 2.05. The Kier molecular flexibility index (Phi) is 4.10. The van der Waals surface area contributed by atoms with Gasteiger partial charge in [0.1, 0.15) is 5.82 Å². The van der Waals surface area contributed by atoms with Crippen molar-refractivity contribution in [1.29, 1.82) is 0 Å². The van der Waals surface area contributed by atoms with Gasteiger partial charge in [-0.3, -0.25) is 0 Å². The smallest absolute Gasteiger partial charge is 0.335 e. The minimum absolute atomic E-state index is 0.376. The molecule has 0 aromatic heterocycles. The van der Waals surface area contributed by atoms with E-state index >= 15 is 0 Å². The first kappa shape index (κ1) is 14.2. The van der Waals surface area contributed by atoms with Crippen molar-refractivity contribution in [2.45, 2.75) is 12.3 Å². The standard InChI is InChI=1S/C10H8F5NO2/c11-6-3-5(8(17)18)1-2-7(6)16-4-10(14,15)9(12)13/h1-3,9,16H,4H2,(H,17,18). The number of carboxylic acid groups (broad SMARTS) is 1. The lowest BCUT2D eigenvalue weighted by Crippen LogP contribution is -2.35. The van der Waals surface area contributed by atoms with Crippen molar-refractivity contribution in [1.82, 2.24) is 0 Å². The van der Waals surface area contributed by atoms with Crippen LogP contribution in [-0.4, -0.2) is 30.0 Å². The molecule has 0 bridgehead atoms. The Morgan fingerprint density at radius 2 is 2.00 bits per heavy atom. The number of halogens is 5. The molecule has 0 heterocycles. The van der Waals surface area contributed by atoms with Crippen molar-refractivity contribution in [3.63, 3.8) is 0 Å². The van der Waals surface area contributed by atoms with Crippen LogP contribution in [0.15, 0.2) is 18.2 Å². The molecule has 1 aromatic carbocycles. The molecule has 1 rings (SSSR count). The average molecular weight is 269 g/mol. The quantitative estimate of drug-likeness (QED) is 0.808. The van der Waals surface area contributed by atoms with Gasteiger partial charge in [-0.2, -0.15) is 8.78 Å². The zero-order chi connectivity index (χ0) is 13.9. The summed E-state index contributed by atoms with van der Waals surface area (Å²) in [5.74, 6) is -6.80. The molecule has 0 amide bonds. The van der Waals surface area contributed by atoms with Crippen LogP contribution < -0.4 is 5.32 Å². The summed E-state index contributed by atoms with van der Waals surface area (Å²) in [6, 6.07) is 2.46. The molecule has 0 aliphatic heterocycles. The fraction of sp³-hybridized carbons (Fsp3) is 0.300. The van der Waals surface area contributed by atoms with Gasteiger partial charge in [-0.05, 0) is 18.2 Å². The summed E-state index contributed by atoms with van der Waals surface area (Å²) in [6.45, 7) is -1.45. The molecule has 0 saturated heterocycles. The van der Waals surface area contributed by atoms with E-state index in [0.717, 1.165) is 12.1 Å². The SMILES string of the molecule is O=C(O)c1ccc(NCC(F)(F)C(F)F)c(F)c1. The van der Waals surface area contributed by atoms with Gasteiger partial charge in [0.25, 0.3) is 0 Å². The molecule has 0 saturated carbocycles. The second-order valence-electron chi connectivity index (χ2n) is 3.42. The van der Waals surface area contributed by atoms with Crippen LogP contribution in [-0.2, 0) is 0 Å². The summed E-state index contributed by atoms with van der Waals surface area (Å²) in [5.41, 5.74) is -0.848. The summed E-state index contributed by atoms with van der Waals surface area (Å²) in [4.78, 5) is 10.5. The first-order valence-corrected chi connectivity index (χ1v) is 4.66. The highest BCUT2D eigenvalue weighted by Crippen LogP contribution is 2.24. The molecule has 0 spiro atoms. The van der Waals surface area contributed by atoms with Gasteiger partial charge in [-0.1, -0.05) is 0 Å². The molecule has 0 unspecified atom stereocenters. The lowest BCUT2D eigenvalue weighted by Gasteiger charge is -2.16. The maximum atomic E-state index is 13.2. The average Bonchev–Trinajstić information content (AvgIpc) is 2.26. The molecule has 18 heavy (non-hydrogen) atoms. The van der Waals surface area contributed by atoms with Crippen LogP contribution in [0.3, 0.4) is 0 Å². The van der Waals surface area contributed by atoms with Crippen LogP contribution >= 0.6 is 0 Å². The van der Waals surface area contributed by atoms with E-state index < -0.39 is 36.4 Å². The number of rotatable bonds is 5. The predicted molar refractivity (Wildman–Crippen MR) is 52.8 cm³/mol. The zero-order valence-corrected chi connectivity index (χ0v) is 8.76. The van der Waals surface area contributed by atoms with Crippen molar-refractivity contribution >= 4 is 11.7 Å². The Hall–Kier alpha value is -1.86. The monoisotopic (exact) mass is 269 g/mol. The van der Waals surface area contributed by atoms with Crippen LogP contribution in [0.5, 0.6) is 0 Å². The second-order valence-corrected chi connectivity index (χ2v) is 3.42. The number of carboxylic acids is 1. The Labute approximate surface area is 98.2 Å². The topological polar surface area (TPSA) is 49.3 Å². The van der Waals surface area contributed by atoms with E-state index in [9.17, 15) is 26.7 Å². The number of benzene rings is 1. The van der Waals surface area contributed by atoms with Crippen LogP contribution in [0.25, 0.3) is 0 Å². The lowest BCUT2D eigenvalue weighted by atomic mass is 10.2. The van der Waals surface area contributed by atoms with Crippen molar-refractivity contribution in [3.05, 3.63) is 29.6 Å². The minimum atomic E-state index is -4.29. The molecule has 2 N–H and O–H groups in total. The first-order valence-electron chi connectivity index (χ1n) is 4.66. The zero-order valence-electron chi connectivity index (χ0n) is 8.76. The van der Waals surface area contributed by atoms with Gasteiger partial charge in [0.15, 0.2) is 0 Å². The molecule has 0 aliphatic carbocycles. The fourth-order valence-corrected chi connectivity index (χ4v) is 1.08. The summed E-state index contributed by atoms with van der Waals surface area (Å²) < 4.78 is 62.0. The summed E-state index contributed by atoms with van der Waals surface area (Å²) in [5, 5.41) is 10.3. The van der Waals surface area contributed by atoms with E-state index in [4.69, 9.17) is 5.11 Å². The minimum Gasteiger partial charge on any atom is -0.478 e. The highest BCUT2D eigenvalue weighted by atomic mass is 19.3. The number of aromatic carboxylic acids is 1. The summed E-state index contributed by atoms with van der Waals surface area (Å²) in [7, 11) is 0. The molecule has 0 radical (unpaired) electrons. The van der Waals surface area contributed by atoms with E-state index in [0.29, 0.717) is 6.07 Å². The maximum Gasteiger partial charge on any atom is 0.335 e. The molecule has 0 aliphatic rings. The predicted octanol–water partition coefficient (Wildman–Crippen LogP) is 2.84. The highest BCUT2D eigenvalue weighted by molar-refractivity contribution is 5.88. The second kappa shape index (κ2) is 5.19. The van der Waals surface area contributed by atoms with Crippen LogP contribution in [0.2, 0.25) is 0 Å². The van der Waals surface area contributed by atoms with Gasteiger partial charge in [0, 0.05) is 0 Å². The van der Waals surface area contributed by atoms with Gasteiger partial charge in [0.2, 0.25) is 0 Å². The molecule has 0 fully saturated rings. The number of carbonyl (C=O) groups is 1. The third-order valence-electron chi connectivity index (χ3n) is 2.05. The number of anilines is 1. The van der Waals surface area contributed by atoms with E-state index in [2.05, 4.69) is 0 Å². The molecule has 100 valence electrons. The van der Waals surface area contributed by atoms with E-state index in [-0.39, 0.29) is 5.56 Å². The van der Waals surface area contributed by atoms with Gasteiger partial charge in [-0.25, -0.2) is 18.0 Å². The van der Waals surface area contributed by atoms with Crippen LogP contribution in [0.1, 0.15) is 10.4 Å². The van der Waals surface area contributed by atoms with Crippen molar-refractivity contribution in [3.8, 4) is 0 Å². The molecule has 1 aromatic rings. The van der Waals surface area contributed by atoms with Gasteiger partial charge >= 0.3 is 18.3 Å². The lowest BCUT2D eigenvalue weighted by molar-refractivity contribution is -0.117. The summed E-state index contributed by atoms with van der Waals surface area (Å²) in [6.07, 6.45) is -3.87. The molecule has 3 nitrogen and oxygen atoms in total. The number of nitrogens with one attached hydrogen (secondary N) is 1. The Morgan fingerprint density at radius 3 is 2.44 bits per heavy atom. The van der Waals surface area contributed by atoms with Crippen molar-refractivity contribution in [2.75, 3.05) is 11.9 Å². The Morgan fingerprint density at radius 1 is 1.39 bits per heavy atom. The fourth-order valence-electron chi connectivity index (χ4n) is 1.08. The number of alkyl halides is 4. The normalized spacial score (nSPS) is 11.7. The van der Waals surface area contributed by atoms with E-state index in [1.54, 1.807) is 5.32 Å². The summed E-state index contributed by atoms with van der Waals surface area (Å²) >= 11 is 0. The number of hydrogen-bond donors (Lipinski definition) is 2. The molecular weight excluding hydrogens is 261 g/mol.